The summed E-state index contributed by atoms with van der Waals surface area (Å²) in [5.41, 5.74) is 5.44. The lowest BCUT2D eigenvalue weighted by Gasteiger charge is -2.19. The number of nitrogens with one attached hydrogen (secondary N) is 2. The zero-order valence-electron chi connectivity index (χ0n) is 12.2. The molecule has 19 heavy (non-hydrogen) atoms. The third kappa shape index (κ3) is 2.72. The van der Waals surface area contributed by atoms with Gasteiger partial charge in [0.25, 0.3) is 0 Å². The van der Waals surface area contributed by atoms with Crippen LogP contribution in [0.15, 0.2) is 18.2 Å². The Hall–Kier alpha value is -1.97. The van der Waals surface area contributed by atoms with Gasteiger partial charge < -0.3 is 10.1 Å². The summed E-state index contributed by atoms with van der Waals surface area (Å²) in [6.07, 6.45) is 0. The van der Waals surface area contributed by atoms with Crippen LogP contribution in [0.1, 0.15) is 35.5 Å². The molecule has 1 aromatic carbocycles. The van der Waals surface area contributed by atoms with Crippen LogP contribution in [-0.2, 0) is 0 Å². The van der Waals surface area contributed by atoms with Gasteiger partial charge in [-0.1, -0.05) is 12.1 Å². The molecule has 0 saturated carbocycles. The summed E-state index contributed by atoms with van der Waals surface area (Å²) < 4.78 is 5.46. The molecule has 4 nitrogen and oxygen atoms in total. The fourth-order valence-electron chi connectivity index (χ4n) is 2.23. The summed E-state index contributed by atoms with van der Waals surface area (Å²) in [5.74, 6) is 0.916. The minimum absolute atomic E-state index is 0.158. The summed E-state index contributed by atoms with van der Waals surface area (Å²) in [7, 11) is 1.71. The maximum absolute atomic E-state index is 5.46. The number of methoxy groups -OCH3 is 1. The summed E-state index contributed by atoms with van der Waals surface area (Å²) in [4.78, 5) is 0. The van der Waals surface area contributed by atoms with Crippen molar-refractivity contribution in [2.45, 2.75) is 33.7 Å². The maximum atomic E-state index is 5.46. The van der Waals surface area contributed by atoms with E-state index in [-0.39, 0.29) is 6.04 Å². The average Bonchev–Trinajstić information content (AvgIpc) is 2.70. The van der Waals surface area contributed by atoms with Crippen LogP contribution in [-0.4, -0.2) is 17.3 Å². The predicted molar refractivity (Wildman–Crippen MR) is 77.8 cm³/mol. The Morgan fingerprint density at radius 2 is 2.00 bits per heavy atom. The minimum Gasteiger partial charge on any atom is -0.496 e. The Balaban J connectivity index is 2.27. The van der Waals surface area contributed by atoms with Crippen LogP contribution in [0.5, 0.6) is 5.75 Å². The molecule has 0 aliphatic carbocycles. The summed E-state index contributed by atoms with van der Waals surface area (Å²) in [6.45, 7) is 8.19. The standard InChI is InChI=1S/C15H21N3O/c1-9-6-7-13(14(8-9)19-5)10(2)16-15-11(3)17-18-12(15)4/h6-8,10,16H,1-5H3,(H,17,18). The molecule has 0 spiro atoms. The molecule has 2 N–H and O–H groups in total. The fraction of sp³-hybridized carbons (Fsp3) is 0.400. The highest BCUT2D eigenvalue weighted by Crippen LogP contribution is 2.30. The van der Waals surface area contributed by atoms with Gasteiger partial charge >= 0.3 is 0 Å². The van der Waals surface area contributed by atoms with Crippen molar-refractivity contribution >= 4 is 5.69 Å². The van der Waals surface area contributed by atoms with Crippen molar-refractivity contribution in [3.8, 4) is 5.75 Å². The molecule has 0 fully saturated rings. The van der Waals surface area contributed by atoms with Crippen LogP contribution in [0.2, 0.25) is 0 Å². The number of benzene rings is 1. The first kappa shape index (κ1) is 13.5. The molecule has 0 radical (unpaired) electrons. The largest absolute Gasteiger partial charge is 0.496 e. The van der Waals surface area contributed by atoms with Gasteiger partial charge in [0, 0.05) is 5.56 Å². The van der Waals surface area contributed by atoms with Crippen LogP contribution in [0.4, 0.5) is 5.69 Å². The molecular weight excluding hydrogens is 238 g/mol. The summed E-state index contributed by atoms with van der Waals surface area (Å²) >= 11 is 0. The molecule has 0 bridgehead atoms. The SMILES string of the molecule is COc1cc(C)ccc1C(C)Nc1c(C)n[nH]c1C. The van der Waals surface area contributed by atoms with E-state index in [2.05, 4.69) is 47.6 Å². The zero-order chi connectivity index (χ0) is 14.0. The molecule has 0 aliphatic heterocycles. The Morgan fingerprint density at radius 1 is 1.26 bits per heavy atom. The number of nitrogens with zero attached hydrogens (tertiary/aromatic N) is 1. The molecule has 102 valence electrons. The van der Waals surface area contributed by atoms with E-state index in [1.807, 2.05) is 13.8 Å². The third-order valence-electron chi connectivity index (χ3n) is 3.34. The number of H-pyrrole nitrogens is 1. The highest BCUT2D eigenvalue weighted by atomic mass is 16.5. The zero-order valence-corrected chi connectivity index (χ0v) is 12.2. The smallest absolute Gasteiger partial charge is 0.124 e. The van der Waals surface area contributed by atoms with Crippen molar-refractivity contribution in [1.82, 2.24) is 10.2 Å². The summed E-state index contributed by atoms with van der Waals surface area (Å²) in [6, 6.07) is 6.43. The Kier molecular flexibility index (Phi) is 3.79. The highest BCUT2D eigenvalue weighted by molar-refractivity contribution is 5.54. The van der Waals surface area contributed by atoms with Crippen LogP contribution in [0.3, 0.4) is 0 Å². The minimum atomic E-state index is 0.158. The van der Waals surface area contributed by atoms with Gasteiger partial charge in [0.15, 0.2) is 0 Å². The van der Waals surface area contributed by atoms with E-state index >= 15 is 0 Å². The molecule has 0 aliphatic rings. The van der Waals surface area contributed by atoms with Gasteiger partial charge in [-0.15, -0.1) is 0 Å². The second kappa shape index (κ2) is 5.34. The van der Waals surface area contributed by atoms with Crippen molar-refractivity contribution in [3.63, 3.8) is 0 Å². The first-order chi connectivity index (χ1) is 9.02. The number of rotatable bonds is 4. The van der Waals surface area contributed by atoms with Gasteiger partial charge in [-0.3, -0.25) is 5.10 Å². The Bertz CT molecular complexity index is 555. The molecule has 1 atom stereocenters. The van der Waals surface area contributed by atoms with Gasteiger partial charge in [0.05, 0.1) is 30.2 Å². The Morgan fingerprint density at radius 3 is 2.58 bits per heavy atom. The second-order valence-electron chi connectivity index (χ2n) is 4.92. The van der Waals surface area contributed by atoms with Gasteiger partial charge in [-0.05, 0) is 39.3 Å². The molecule has 1 aromatic heterocycles. The summed E-state index contributed by atoms with van der Waals surface area (Å²) in [5, 5.41) is 10.7. The van der Waals surface area contributed by atoms with Gasteiger partial charge in [0.1, 0.15) is 5.75 Å². The molecule has 0 amide bonds. The van der Waals surface area contributed by atoms with E-state index in [9.17, 15) is 0 Å². The molecular formula is C15H21N3O. The fourth-order valence-corrected chi connectivity index (χ4v) is 2.23. The number of ether oxygens (including phenoxy) is 1. The van der Waals surface area contributed by atoms with E-state index in [1.54, 1.807) is 7.11 Å². The molecule has 2 rings (SSSR count). The molecule has 4 heteroatoms. The van der Waals surface area contributed by atoms with Crippen LogP contribution < -0.4 is 10.1 Å². The van der Waals surface area contributed by atoms with Crippen molar-refractivity contribution in [2.75, 3.05) is 12.4 Å². The van der Waals surface area contributed by atoms with E-state index in [0.29, 0.717) is 0 Å². The van der Waals surface area contributed by atoms with Gasteiger partial charge in [-0.2, -0.15) is 5.10 Å². The van der Waals surface area contributed by atoms with Crippen molar-refractivity contribution in [3.05, 3.63) is 40.7 Å². The predicted octanol–water partition coefficient (Wildman–Crippen LogP) is 3.52. The number of aromatic amines is 1. The molecule has 1 unspecified atom stereocenters. The van der Waals surface area contributed by atoms with Crippen LogP contribution >= 0.6 is 0 Å². The number of hydrogen-bond donors (Lipinski definition) is 2. The third-order valence-corrected chi connectivity index (χ3v) is 3.34. The van der Waals surface area contributed by atoms with Gasteiger partial charge in [0.2, 0.25) is 0 Å². The van der Waals surface area contributed by atoms with E-state index in [1.165, 1.54) is 5.56 Å². The Labute approximate surface area is 114 Å². The van der Waals surface area contributed by atoms with Gasteiger partial charge in [-0.25, -0.2) is 0 Å². The number of aryl methyl sites for hydroxylation is 3. The number of hydrogen-bond acceptors (Lipinski definition) is 3. The van der Waals surface area contributed by atoms with E-state index < -0.39 is 0 Å². The van der Waals surface area contributed by atoms with Crippen LogP contribution in [0, 0.1) is 20.8 Å². The lowest BCUT2D eigenvalue weighted by atomic mass is 10.0. The highest BCUT2D eigenvalue weighted by Gasteiger charge is 2.14. The molecule has 0 saturated heterocycles. The van der Waals surface area contributed by atoms with E-state index in [0.717, 1.165) is 28.4 Å². The number of aromatic nitrogens is 2. The molecule has 1 heterocycles. The van der Waals surface area contributed by atoms with Crippen molar-refractivity contribution in [2.24, 2.45) is 0 Å². The first-order valence-corrected chi connectivity index (χ1v) is 6.45. The average molecular weight is 259 g/mol. The first-order valence-electron chi connectivity index (χ1n) is 6.45. The quantitative estimate of drug-likeness (QED) is 0.883. The lowest BCUT2D eigenvalue weighted by Crippen LogP contribution is -2.09. The van der Waals surface area contributed by atoms with E-state index in [4.69, 9.17) is 4.74 Å². The topological polar surface area (TPSA) is 49.9 Å². The van der Waals surface area contributed by atoms with Crippen molar-refractivity contribution < 1.29 is 4.74 Å². The number of anilines is 1. The maximum Gasteiger partial charge on any atom is 0.124 e. The second-order valence-corrected chi connectivity index (χ2v) is 4.92. The monoisotopic (exact) mass is 259 g/mol. The lowest BCUT2D eigenvalue weighted by molar-refractivity contribution is 0.407. The molecule has 2 aromatic rings. The van der Waals surface area contributed by atoms with Crippen molar-refractivity contribution in [1.29, 1.82) is 0 Å². The van der Waals surface area contributed by atoms with Crippen LogP contribution in [0.25, 0.3) is 0 Å². The normalized spacial score (nSPS) is 12.3.